The van der Waals surface area contributed by atoms with Crippen LogP contribution < -0.4 is 5.32 Å². The summed E-state index contributed by atoms with van der Waals surface area (Å²) in [5.41, 5.74) is 0.0301. The van der Waals surface area contributed by atoms with E-state index in [1.807, 2.05) is 13.8 Å². The number of nitriles is 1. The van der Waals surface area contributed by atoms with E-state index >= 15 is 0 Å². The van der Waals surface area contributed by atoms with Gasteiger partial charge < -0.3 is 5.32 Å². The third kappa shape index (κ3) is 3.34. The number of hydrogen-bond donors (Lipinski definition) is 1. The quantitative estimate of drug-likeness (QED) is 0.897. The van der Waals surface area contributed by atoms with Gasteiger partial charge in [0.05, 0.1) is 22.9 Å². The molecule has 0 saturated heterocycles. The molecule has 0 fully saturated rings. The van der Waals surface area contributed by atoms with Gasteiger partial charge in [-0.05, 0) is 31.5 Å². The van der Waals surface area contributed by atoms with Crippen LogP contribution in [0.25, 0.3) is 0 Å². The van der Waals surface area contributed by atoms with E-state index in [1.54, 1.807) is 6.07 Å². The molecule has 1 N–H and O–H groups in total. The van der Waals surface area contributed by atoms with Crippen LogP contribution in [-0.2, 0) is 12.6 Å². The number of rotatable bonds is 3. The largest absolute Gasteiger partial charge is 0.417 e. The van der Waals surface area contributed by atoms with E-state index in [0.29, 0.717) is 10.8 Å². The molecule has 0 amide bonds. The van der Waals surface area contributed by atoms with E-state index in [2.05, 4.69) is 10.3 Å². The molecule has 1 aromatic carbocycles. The van der Waals surface area contributed by atoms with Crippen LogP contribution >= 0.6 is 11.3 Å². The smallest absolute Gasteiger partial charge is 0.331 e. The van der Waals surface area contributed by atoms with Crippen molar-refractivity contribution in [2.24, 2.45) is 0 Å². The third-order valence-corrected chi connectivity index (χ3v) is 3.85. The molecular formula is C14H12F3N3S. The van der Waals surface area contributed by atoms with Crippen molar-refractivity contribution in [2.45, 2.75) is 26.4 Å². The summed E-state index contributed by atoms with van der Waals surface area (Å²) in [6.07, 6.45) is -3.74. The number of nitrogens with zero attached hydrogens (tertiary/aromatic N) is 2. The van der Waals surface area contributed by atoms with E-state index in [-0.39, 0.29) is 0 Å². The molecule has 1 heterocycles. The zero-order valence-electron chi connectivity index (χ0n) is 11.4. The Hall–Kier alpha value is -2.07. The third-order valence-electron chi connectivity index (χ3n) is 2.92. The van der Waals surface area contributed by atoms with Gasteiger partial charge >= 0.3 is 6.18 Å². The number of aromatic nitrogens is 1. The molecular weight excluding hydrogens is 299 g/mol. The fourth-order valence-electron chi connectivity index (χ4n) is 1.89. The van der Waals surface area contributed by atoms with E-state index < -0.39 is 17.3 Å². The zero-order chi connectivity index (χ0) is 15.6. The van der Waals surface area contributed by atoms with Crippen molar-refractivity contribution in [3.8, 4) is 6.07 Å². The van der Waals surface area contributed by atoms with Gasteiger partial charge in [0, 0.05) is 10.6 Å². The lowest BCUT2D eigenvalue weighted by Crippen LogP contribution is -2.08. The van der Waals surface area contributed by atoms with E-state index in [1.165, 1.54) is 23.5 Å². The highest BCUT2D eigenvalue weighted by Crippen LogP contribution is 2.34. The van der Waals surface area contributed by atoms with Crippen molar-refractivity contribution >= 4 is 22.2 Å². The highest BCUT2D eigenvalue weighted by atomic mass is 32.1. The Morgan fingerprint density at radius 3 is 2.62 bits per heavy atom. The minimum absolute atomic E-state index is 0.406. The number of aryl methyl sites for hydroxylation is 2. The number of benzene rings is 1. The molecule has 0 aliphatic carbocycles. The SMILES string of the molecule is CCc1nc(Nc2ccc(C(F)(F)F)c(C#N)c2)sc1C. The predicted molar refractivity (Wildman–Crippen MR) is 75.7 cm³/mol. The maximum Gasteiger partial charge on any atom is 0.417 e. The van der Waals surface area contributed by atoms with Crippen molar-refractivity contribution in [3.63, 3.8) is 0 Å². The van der Waals surface area contributed by atoms with Crippen molar-refractivity contribution in [1.82, 2.24) is 4.98 Å². The molecule has 2 aromatic rings. The molecule has 0 unspecified atom stereocenters. The van der Waals surface area contributed by atoms with Gasteiger partial charge in [-0.25, -0.2) is 4.98 Å². The maximum absolute atomic E-state index is 12.7. The molecule has 110 valence electrons. The normalized spacial score (nSPS) is 11.2. The van der Waals surface area contributed by atoms with Gasteiger partial charge in [-0.2, -0.15) is 18.4 Å². The summed E-state index contributed by atoms with van der Waals surface area (Å²) in [4.78, 5) is 5.41. The first-order valence-corrected chi connectivity index (χ1v) is 7.01. The van der Waals surface area contributed by atoms with E-state index in [9.17, 15) is 13.2 Å². The molecule has 0 spiro atoms. The van der Waals surface area contributed by atoms with Crippen LogP contribution in [0.5, 0.6) is 0 Å². The molecule has 0 bridgehead atoms. The topological polar surface area (TPSA) is 48.7 Å². The maximum atomic E-state index is 12.7. The Labute approximate surface area is 124 Å². The van der Waals surface area contributed by atoms with Gasteiger partial charge in [-0.1, -0.05) is 6.92 Å². The van der Waals surface area contributed by atoms with Crippen molar-refractivity contribution < 1.29 is 13.2 Å². The Morgan fingerprint density at radius 1 is 1.38 bits per heavy atom. The van der Waals surface area contributed by atoms with Gasteiger partial charge in [0.2, 0.25) is 0 Å². The number of hydrogen-bond acceptors (Lipinski definition) is 4. The molecule has 3 nitrogen and oxygen atoms in total. The average molecular weight is 311 g/mol. The first kappa shape index (κ1) is 15.3. The van der Waals surface area contributed by atoms with Gasteiger partial charge in [-0.3, -0.25) is 0 Å². The molecule has 0 aliphatic rings. The van der Waals surface area contributed by atoms with Crippen LogP contribution in [0.3, 0.4) is 0 Å². The zero-order valence-corrected chi connectivity index (χ0v) is 12.2. The average Bonchev–Trinajstić information content (AvgIpc) is 2.77. The molecule has 21 heavy (non-hydrogen) atoms. The summed E-state index contributed by atoms with van der Waals surface area (Å²) >= 11 is 1.43. The lowest BCUT2D eigenvalue weighted by Gasteiger charge is -2.10. The molecule has 0 atom stereocenters. The van der Waals surface area contributed by atoms with E-state index in [0.717, 1.165) is 23.1 Å². The molecule has 2 rings (SSSR count). The van der Waals surface area contributed by atoms with Crippen LogP contribution in [-0.4, -0.2) is 4.98 Å². The second-order valence-corrected chi connectivity index (χ2v) is 5.57. The summed E-state index contributed by atoms with van der Waals surface area (Å²) in [6.45, 7) is 3.92. The van der Waals surface area contributed by atoms with Crippen LogP contribution in [0.15, 0.2) is 18.2 Å². The highest BCUT2D eigenvalue weighted by molar-refractivity contribution is 7.15. The van der Waals surface area contributed by atoms with Crippen LogP contribution in [0.2, 0.25) is 0 Å². The standard InChI is InChI=1S/C14H12F3N3S/c1-3-12-8(2)21-13(20-12)19-10-4-5-11(14(15,16)17)9(6-10)7-18/h4-6H,3H2,1-2H3,(H,19,20). The Balaban J connectivity index is 2.31. The van der Waals surface area contributed by atoms with Crippen LogP contribution in [0, 0.1) is 18.3 Å². The number of thiazole rings is 1. The summed E-state index contributed by atoms with van der Waals surface area (Å²) < 4.78 is 38.1. The summed E-state index contributed by atoms with van der Waals surface area (Å²) in [7, 11) is 0. The first-order valence-electron chi connectivity index (χ1n) is 6.19. The summed E-state index contributed by atoms with van der Waals surface area (Å²) in [5, 5.41) is 12.4. The van der Waals surface area contributed by atoms with Crippen LogP contribution in [0.4, 0.5) is 24.0 Å². The van der Waals surface area contributed by atoms with Crippen molar-refractivity contribution in [1.29, 1.82) is 5.26 Å². The number of nitrogens with one attached hydrogen (secondary N) is 1. The Morgan fingerprint density at radius 2 is 2.10 bits per heavy atom. The van der Waals surface area contributed by atoms with Crippen molar-refractivity contribution in [3.05, 3.63) is 39.9 Å². The lowest BCUT2D eigenvalue weighted by atomic mass is 10.1. The Bertz CT molecular complexity index is 698. The van der Waals surface area contributed by atoms with Crippen LogP contribution in [0.1, 0.15) is 28.6 Å². The molecule has 1 aromatic heterocycles. The molecule has 0 saturated carbocycles. The van der Waals surface area contributed by atoms with E-state index in [4.69, 9.17) is 5.26 Å². The number of anilines is 2. The number of alkyl halides is 3. The van der Waals surface area contributed by atoms with Gasteiger partial charge in [0.1, 0.15) is 0 Å². The fraction of sp³-hybridized carbons (Fsp3) is 0.286. The van der Waals surface area contributed by atoms with Gasteiger partial charge in [-0.15, -0.1) is 11.3 Å². The summed E-state index contributed by atoms with van der Waals surface area (Å²) in [5.74, 6) is 0. The molecule has 0 radical (unpaired) electrons. The Kier molecular flexibility index (Phi) is 4.19. The monoisotopic (exact) mass is 311 g/mol. The van der Waals surface area contributed by atoms with Gasteiger partial charge in [0.25, 0.3) is 0 Å². The predicted octanol–water partition coefficient (Wildman–Crippen LogP) is 4.65. The second kappa shape index (κ2) is 5.74. The highest BCUT2D eigenvalue weighted by Gasteiger charge is 2.33. The first-order chi connectivity index (χ1) is 9.85. The minimum atomic E-state index is -4.53. The molecule has 0 aliphatic heterocycles. The molecule has 7 heteroatoms. The minimum Gasteiger partial charge on any atom is -0.331 e. The fourth-order valence-corrected chi connectivity index (χ4v) is 2.82. The summed E-state index contributed by atoms with van der Waals surface area (Å²) in [6, 6.07) is 4.97. The second-order valence-electron chi connectivity index (χ2n) is 4.37. The van der Waals surface area contributed by atoms with Gasteiger partial charge in [0.15, 0.2) is 5.13 Å². The van der Waals surface area contributed by atoms with Crippen molar-refractivity contribution in [2.75, 3.05) is 5.32 Å². The number of halogens is 3. The lowest BCUT2D eigenvalue weighted by molar-refractivity contribution is -0.137.